The predicted molar refractivity (Wildman–Crippen MR) is 21.2 cm³/mol. The average molecular weight is 171 g/mol. The third-order valence-electron chi connectivity index (χ3n) is 0. The molecule has 0 aromatic heterocycles. The minimum absolute atomic E-state index is 0. The van der Waals surface area contributed by atoms with Crippen LogP contribution in [0.5, 0.6) is 0 Å². The summed E-state index contributed by atoms with van der Waals surface area (Å²) < 4.78 is 0. The summed E-state index contributed by atoms with van der Waals surface area (Å²) in [6, 6.07) is 0. The van der Waals surface area contributed by atoms with Crippen LogP contribution in [0, 0.1) is 0 Å². The van der Waals surface area contributed by atoms with Crippen molar-refractivity contribution in [1.29, 1.82) is 0 Å². The summed E-state index contributed by atoms with van der Waals surface area (Å²) in [4.78, 5) is 0. The van der Waals surface area contributed by atoms with Crippen LogP contribution in [-0.2, 0) is 0 Å². The van der Waals surface area contributed by atoms with Gasteiger partial charge in [0.25, 0.3) is 0 Å². The Morgan fingerprint density at radius 1 is 0.750 bits per heavy atom. The standard InChI is InChI=1S/2CH4.H2O.Sb/h2*1H4;1H2;/p-1. The quantitative estimate of drug-likeness (QED) is 0.493. The first-order valence-corrected chi connectivity index (χ1v) is 0. The van der Waals surface area contributed by atoms with E-state index < -0.39 is 0 Å². The van der Waals surface area contributed by atoms with Gasteiger partial charge in [-0.25, -0.2) is 0 Å². The third-order valence-corrected chi connectivity index (χ3v) is 0. The monoisotopic (exact) mass is 170 g/mol. The summed E-state index contributed by atoms with van der Waals surface area (Å²) in [5.41, 5.74) is 0. The van der Waals surface area contributed by atoms with Gasteiger partial charge in [0.05, 0.1) is 0 Å². The Morgan fingerprint density at radius 2 is 0.750 bits per heavy atom. The average Bonchev–Trinajstić information content (AvgIpc) is 0. The van der Waals surface area contributed by atoms with E-state index in [0.29, 0.717) is 0 Å². The Labute approximate surface area is 45.2 Å². The SMILES string of the molecule is C.C.[OH-].[Sb]. The molecule has 0 aromatic carbocycles. The van der Waals surface area contributed by atoms with Crippen molar-refractivity contribution in [3.8, 4) is 0 Å². The zero-order chi connectivity index (χ0) is 0. The molecule has 0 aromatic rings. The summed E-state index contributed by atoms with van der Waals surface area (Å²) in [6.07, 6.45) is 0. The molecule has 0 saturated heterocycles. The Kier molecular flexibility index (Phi) is 1360. The molecule has 0 aliphatic carbocycles. The molecule has 2 heteroatoms. The minimum atomic E-state index is 0. The molecule has 0 unspecified atom stereocenters. The number of hydrogen-bond donors (Lipinski definition) is 0. The van der Waals surface area contributed by atoms with Gasteiger partial charge in [-0.3, -0.25) is 0 Å². The van der Waals surface area contributed by atoms with Crippen molar-refractivity contribution >= 4 is 24.4 Å². The van der Waals surface area contributed by atoms with Crippen LogP contribution in [0.15, 0.2) is 0 Å². The van der Waals surface area contributed by atoms with Crippen LogP contribution in [0.4, 0.5) is 0 Å². The largest absolute Gasteiger partial charge is 0.870 e. The second kappa shape index (κ2) is 48.2. The molecule has 0 saturated carbocycles. The van der Waals surface area contributed by atoms with Gasteiger partial charge in [0, 0.05) is 24.4 Å². The molecule has 1 nitrogen and oxygen atoms in total. The Balaban J connectivity index is 0. The first kappa shape index (κ1) is 113. The molecule has 0 aliphatic rings. The molecule has 0 heterocycles. The van der Waals surface area contributed by atoms with E-state index in [0.717, 1.165) is 0 Å². The topological polar surface area (TPSA) is 30.0 Å². The van der Waals surface area contributed by atoms with Crippen molar-refractivity contribution in [2.45, 2.75) is 14.9 Å². The minimum Gasteiger partial charge on any atom is -0.870 e. The van der Waals surface area contributed by atoms with E-state index in [4.69, 9.17) is 0 Å². The van der Waals surface area contributed by atoms with Crippen molar-refractivity contribution in [2.75, 3.05) is 0 Å². The Morgan fingerprint density at radius 3 is 0.750 bits per heavy atom. The van der Waals surface area contributed by atoms with E-state index in [1.165, 1.54) is 0 Å². The first-order valence-electron chi connectivity index (χ1n) is 0. The molecule has 0 amide bonds. The maximum atomic E-state index is 0. The summed E-state index contributed by atoms with van der Waals surface area (Å²) in [5.74, 6) is 0. The van der Waals surface area contributed by atoms with Gasteiger partial charge in [-0.2, -0.15) is 0 Å². The molecule has 0 aliphatic heterocycles. The van der Waals surface area contributed by atoms with Gasteiger partial charge in [-0.1, -0.05) is 14.9 Å². The van der Waals surface area contributed by atoms with Crippen LogP contribution in [0.2, 0.25) is 0 Å². The van der Waals surface area contributed by atoms with Gasteiger partial charge in [0.15, 0.2) is 0 Å². The number of hydrogen-bond acceptors (Lipinski definition) is 1. The fourth-order valence-corrected chi connectivity index (χ4v) is 0. The van der Waals surface area contributed by atoms with Crippen LogP contribution >= 0.6 is 0 Å². The Bertz CT molecular complexity index is 6.00. The van der Waals surface area contributed by atoms with Crippen molar-refractivity contribution in [1.82, 2.24) is 0 Å². The fourth-order valence-electron chi connectivity index (χ4n) is 0. The molecule has 0 spiro atoms. The summed E-state index contributed by atoms with van der Waals surface area (Å²) >= 11 is 0. The van der Waals surface area contributed by atoms with Gasteiger partial charge < -0.3 is 5.48 Å². The van der Waals surface area contributed by atoms with Crippen molar-refractivity contribution in [2.24, 2.45) is 0 Å². The van der Waals surface area contributed by atoms with Gasteiger partial charge in [-0.15, -0.1) is 0 Å². The molecular formula is C2H9OSb-. The molecular weight excluding hydrogens is 162 g/mol. The van der Waals surface area contributed by atoms with E-state index in [9.17, 15) is 0 Å². The molecule has 3 radical (unpaired) electrons. The fraction of sp³-hybridized carbons (Fsp3) is 1.00. The number of rotatable bonds is 0. The van der Waals surface area contributed by atoms with Gasteiger partial charge >= 0.3 is 0 Å². The predicted octanol–water partition coefficient (Wildman–Crippen LogP) is 0.715. The summed E-state index contributed by atoms with van der Waals surface area (Å²) in [6.45, 7) is 0. The van der Waals surface area contributed by atoms with E-state index in [1.807, 2.05) is 0 Å². The molecule has 0 bridgehead atoms. The van der Waals surface area contributed by atoms with E-state index in [2.05, 4.69) is 0 Å². The molecule has 0 rings (SSSR count). The van der Waals surface area contributed by atoms with Crippen molar-refractivity contribution in [3.63, 3.8) is 0 Å². The maximum absolute atomic E-state index is 0. The van der Waals surface area contributed by atoms with E-state index in [-0.39, 0.29) is 44.8 Å². The zero-order valence-electron chi connectivity index (χ0n) is 0.894. The summed E-state index contributed by atoms with van der Waals surface area (Å²) in [7, 11) is 0. The van der Waals surface area contributed by atoms with Crippen LogP contribution in [0.1, 0.15) is 14.9 Å². The molecule has 4 heavy (non-hydrogen) atoms. The van der Waals surface area contributed by atoms with Crippen molar-refractivity contribution < 1.29 is 5.48 Å². The maximum Gasteiger partial charge on any atom is 0 e. The van der Waals surface area contributed by atoms with Crippen LogP contribution in [0.3, 0.4) is 0 Å². The molecule has 0 fully saturated rings. The summed E-state index contributed by atoms with van der Waals surface area (Å²) in [5, 5.41) is 0. The zero-order valence-corrected chi connectivity index (χ0v) is 3.45. The third kappa shape index (κ3) is 14.5. The molecule has 29 valence electrons. The van der Waals surface area contributed by atoms with Crippen LogP contribution in [0.25, 0.3) is 0 Å². The Hall–Kier alpha value is 0.778. The normalized spacial score (nSPS) is 0. The smallest absolute Gasteiger partial charge is 0 e. The molecule has 0 atom stereocenters. The van der Waals surface area contributed by atoms with Crippen molar-refractivity contribution in [3.05, 3.63) is 0 Å². The van der Waals surface area contributed by atoms with Crippen LogP contribution in [-0.4, -0.2) is 29.9 Å². The first-order chi connectivity index (χ1) is 0. The van der Waals surface area contributed by atoms with Gasteiger partial charge in [-0.05, 0) is 0 Å². The molecule has 1 N–H and O–H groups in total. The van der Waals surface area contributed by atoms with E-state index >= 15 is 0 Å². The van der Waals surface area contributed by atoms with E-state index in [1.54, 1.807) is 0 Å². The second-order valence-corrected chi connectivity index (χ2v) is 0. The second-order valence-electron chi connectivity index (χ2n) is 0. The van der Waals surface area contributed by atoms with Gasteiger partial charge in [0.1, 0.15) is 0 Å². The van der Waals surface area contributed by atoms with Crippen LogP contribution < -0.4 is 0 Å². The van der Waals surface area contributed by atoms with Gasteiger partial charge in [0.2, 0.25) is 0 Å².